The van der Waals surface area contributed by atoms with Crippen molar-refractivity contribution in [1.82, 2.24) is 10.3 Å². The Balaban J connectivity index is 1.72. The summed E-state index contributed by atoms with van der Waals surface area (Å²) in [5.74, 6) is 0.428. The van der Waals surface area contributed by atoms with Gasteiger partial charge < -0.3 is 14.5 Å². The van der Waals surface area contributed by atoms with Crippen LogP contribution in [0.3, 0.4) is 0 Å². The Morgan fingerprint density at radius 3 is 2.85 bits per heavy atom. The highest BCUT2D eigenvalue weighted by atomic mass is 16.6. The van der Waals surface area contributed by atoms with Gasteiger partial charge >= 0.3 is 0 Å². The maximum absolute atomic E-state index is 11.8. The molecule has 1 amide bonds. The molecular weight excluding hydrogens is 256 g/mol. The van der Waals surface area contributed by atoms with E-state index in [2.05, 4.69) is 10.3 Å². The zero-order valence-electron chi connectivity index (χ0n) is 11.5. The van der Waals surface area contributed by atoms with Gasteiger partial charge in [-0.15, -0.1) is 0 Å². The van der Waals surface area contributed by atoms with E-state index in [4.69, 9.17) is 9.15 Å². The maximum Gasteiger partial charge on any atom is 0.287 e. The van der Waals surface area contributed by atoms with Gasteiger partial charge in [0, 0.05) is 25.0 Å². The van der Waals surface area contributed by atoms with Crippen LogP contribution in [0.5, 0.6) is 5.95 Å². The number of furan rings is 1. The minimum Gasteiger partial charge on any atom is -0.465 e. The van der Waals surface area contributed by atoms with E-state index in [1.807, 2.05) is 19.1 Å². The molecule has 106 valence electrons. The zero-order valence-corrected chi connectivity index (χ0v) is 11.5. The van der Waals surface area contributed by atoms with Crippen molar-refractivity contribution < 1.29 is 13.9 Å². The SMILES string of the molecule is CCOc1ccc(C(=O)NCCCc2ccncc2)o1. The van der Waals surface area contributed by atoms with E-state index in [1.165, 1.54) is 5.56 Å². The second kappa shape index (κ2) is 7.33. The first-order valence-electron chi connectivity index (χ1n) is 6.69. The molecule has 2 rings (SSSR count). The molecule has 0 aliphatic heterocycles. The Kier molecular flexibility index (Phi) is 5.17. The summed E-state index contributed by atoms with van der Waals surface area (Å²) in [5, 5.41) is 2.82. The monoisotopic (exact) mass is 274 g/mol. The van der Waals surface area contributed by atoms with Gasteiger partial charge in [0.1, 0.15) is 0 Å². The number of aryl methyl sites for hydroxylation is 1. The summed E-state index contributed by atoms with van der Waals surface area (Å²) in [5.41, 5.74) is 1.21. The summed E-state index contributed by atoms with van der Waals surface area (Å²) >= 11 is 0. The molecule has 0 spiro atoms. The molecular formula is C15H18N2O3. The Hall–Kier alpha value is -2.30. The van der Waals surface area contributed by atoms with E-state index in [-0.39, 0.29) is 11.7 Å². The molecule has 0 saturated carbocycles. The van der Waals surface area contributed by atoms with Crippen molar-refractivity contribution in [3.8, 4) is 5.95 Å². The molecule has 0 saturated heterocycles. The zero-order chi connectivity index (χ0) is 14.2. The highest BCUT2D eigenvalue weighted by molar-refractivity contribution is 5.91. The molecule has 20 heavy (non-hydrogen) atoms. The first-order valence-corrected chi connectivity index (χ1v) is 6.69. The van der Waals surface area contributed by atoms with Crippen LogP contribution in [0.2, 0.25) is 0 Å². The number of nitrogens with zero attached hydrogens (tertiary/aromatic N) is 1. The van der Waals surface area contributed by atoms with E-state index < -0.39 is 0 Å². The van der Waals surface area contributed by atoms with Gasteiger partial charge in [0.15, 0.2) is 5.76 Å². The Morgan fingerprint density at radius 2 is 2.10 bits per heavy atom. The fourth-order valence-corrected chi connectivity index (χ4v) is 1.79. The molecule has 0 bridgehead atoms. The van der Waals surface area contributed by atoms with E-state index in [1.54, 1.807) is 24.5 Å². The number of pyridine rings is 1. The number of nitrogens with one attached hydrogen (secondary N) is 1. The maximum atomic E-state index is 11.8. The topological polar surface area (TPSA) is 64.4 Å². The normalized spacial score (nSPS) is 10.2. The lowest BCUT2D eigenvalue weighted by Gasteiger charge is -2.03. The molecule has 5 nitrogen and oxygen atoms in total. The molecule has 2 aromatic heterocycles. The van der Waals surface area contributed by atoms with Crippen LogP contribution in [0, 0.1) is 0 Å². The third kappa shape index (κ3) is 4.12. The molecule has 0 fully saturated rings. The van der Waals surface area contributed by atoms with Crippen LogP contribution < -0.4 is 10.1 Å². The van der Waals surface area contributed by atoms with Crippen molar-refractivity contribution in [2.45, 2.75) is 19.8 Å². The summed E-state index contributed by atoms with van der Waals surface area (Å²) in [6.07, 6.45) is 5.32. The molecule has 0 radical (unpaired) electrons. The number of hydrogen-bond acceptors (Lipinski definition) is 4. The minimum absolute atomic E-state index is 0.217. The second-order valence-electron chi connectivity index (χ2n) is 4.27. The Labute approximate surface area is 118 Å². The molecule has 2 aromatic rings. The molecule has 0 atom stereocenters. The fraction of sp³-hybridized carbons (Fsp3) is 0.333. The fourth-order valence-electron chi connectivity index (χ4n) is 1.79. The lowest BCUT2D eigenvalue weighted by molar-refractivity contribution is 0.0917. The quantitative estimate of drug-likeness (QED) is 0.788. The summed E-state index contributed by atoms with van der Waals surface area (Å²) in [6.45, 7) is 2.98. The van der Waals surface area contributed by atoms with Gasteiger partial charge in [0.25, 0.3) is 11.9 Å². The smallest absolute Gasteiger partial charge is 0.287 e. The van der Waals surface area contributed by atoms with Gasteiger partial charge in [-0.1, -0.05) is 0 Å². The summed E-state index contributed by atoms with van der Waals surface area (Å²) in [7, 11) is 0. The summed E-state index contributed by atoms with van der Waals surface area (Å²) in [6, 6.07) is 7.21. The molecule has 2 heterocycles. The van der Waals surface area contributed by atoms with Gasteiger partial charge in [-0.05, 0) is 43.5 Å². The minimum atomic E-state index is -0.217. The molecule has 5 heteroatoms. The predicted octanol–water partition coefficient (Wildman–Crippen LogP) is 2.44. The van der Waals surface area contributed by atoms with Gasteiger partial charge in [0.2, 0.25) is 0 Å². The number of hydrogen-bond donors (Lipinski definition) is 1. The van der Waals surface area contributed by atoms with Gasteiger partial charge in [-0.2, -0.15) is 0 Å². The molecule has 0 aliphatic rings. The first kappa shape index (κ1) is 14.1. The molecule has 0 unspecified atom stereocenters. The highest BCUT2D eigenvalue weighted by Gasteiger charge is 2.10. The molecule has 1 N–H and O–H groups in total. The number of aromatic nitrogens is 1. The number of carbonyl (C=O) groups is 1. The van der Waals surface area contributed by atoms with Crippen LogP contribution in [0.15, 0.2) is 41.1 Å². The molecule has 0 aliphatic carbocycles. The summed E-state index contributed by atoms with van der Waals surface area (Å²) < 4.78 is 10.4. The molecule has 0 aromatic carbocycles. The van der Waals surface area contributed by atoms with E-state index >= 15 is 0 Å². The van der Waals surface area contributed by atoms with Gasteiger partial charge in [-0.25, -0.2) is 0 Å². The van der Waals surface area contributed by atoms with Crippen molar-refractivity contribution in [3.05, 3.63) is 48.0 Å². The van der Waals surface area contributed by atoms with Crippen LogP contribution in [0.1, 0.15) is 29.5 Å². The van der Waals surface area contributed by atoms with Crippen molar-refractivity contribution in [3.63, 3.8) is 0 Å². The highest BCUT2D eigenvalue weighted by Crippen LogP contribution is 2.15. The lowest BCUT2D eigenvalue weighted by Crippen LogP contribution is -2.24. The third-order valence-corrected chi connectivity index (χ3v) is 2.77. The van der Waals surface area contributed by atoms with Crippen molar-refractivity contribution in [2.24, 2.45) is 0 Å². The van der Waals surface area contributed by atoms with Crippen LogP contribution >= 0.6 is 0 Å². The lowest BCUT2D eigenvalue weighted by atomic mass is 10.1. The second-order valence-corrected chi connectivity index (χ2v) is 4.27. The predicted molar refractivity (Wildman–Crippen MR) is 74.8 cm³/mol. The van der Waals surface area contributed by atoms with E-state index in [9.17, 15) is 4.79 Å². The average molecular weight is 274 g/mol. The summed E-state index contributed by atoms with van der Waals surface area (Å²) in [4.78, 5) is 15.8. The third-order valence-electron chi connectivity index (χ3n) is 2.77. The standard InChI is InChI=1S/C15H18N2O3/c1-2-19-14-6-5-13(20-14)15(18)17-9-3-4-12-7-10-16-11-8-12/h5-8,10-11H,2-4,9H2,1H3,(H,17,18). The van der Waals surface area contributed by atoms with E-state index in [0.29, 0.717) is 19.1 Å². The number of amides is 1. The Morgan fingerprint density at radius 1 is 1.30 bits per heavy atom. The van der Waals surface area contributed by atoms with Crippen LogP contribution in [-0.4, -0.2) is 24.0 Å². The number of carbonyl (C=O) groups excluding carboxylic acids is 1. The Bertz CT molecular complexity index is 537. The number of ether oxygens (including phenoxy) is 1. The average Bonchev–Trinajstić information content (AvgIpc) is 2.94. The largest absolute Gasteiger partial charge is 0.465 e. The van der Waals surface area contributed by atoms with Crippen molar-refractivity contribution in [2.75, 3.05) is 13.2 Å². The van der Waals surface area contributed by atoms with Crippen LogP contribution in [0.25, 0.3) is 0 Å². The van der Waals surface area contributed by atoms with Gasteiger partial charge in [0.05, 0.1) is 6.61 Å². The van der Waals surface area contributed by atoms with Crippen molar-refractivity contribution >= 4 is 5.91 Å². The van der Waals surface area contributed by atoms with Crippen molar-refractivity contribution in [1.29, 1.82) is 0 Å². The number of rotatable bonds is 7. The first-order chi connectivity index (χ1) is 9.79. The van der Waals surface area contributed by atoms with Gasteiger partial charge in [-0.3, -0.25) is 9.78 Å². The van der Waals surface area contributed by atoms with Crippen LogP contribution in [-0.2, 0) is 6.42 Å². The van der Waals surface area contributed by atoms with E-state index in [0.717, 1.165) is 12.8 Å². The van der Waals surface area contributed by atoms with Crippen LogP contribution in [0.4, 0.5) is 0 Å².